The van der Waals surface area contributed by atoms with Gasteiger partial charge in [-0.25, -0.2) is 8.78 Å². The smallest absolute Gasteiger partial charge is 0.263 e. The van der Waals surface area contributed by atoms with Crippen molar-refractivity contribution in [2.75, 3.05) is 12.3 Å². The zero-order valence-electron chi connectivity index (χ0n) is 8.25. The molecule has 1 aromatic carbocycles. The van der Waals surface area contributed by atoms with Crippen molar-refractivity contribution in [1.82, 2.24) is 5.32 Å². The highest BCUT2D eigenvalue weighted by Gasteiger charge is 2.16. The quantitative estimate of drug-likeness (QED) is 0.834. The molecule has 0 spiro atoms. The van der Waals surface area contributed by atoms with Crippen molar-refractivity contribution in [3.63, 3.8) is 0 Å². The third-order valence-electron chi connectivity index (χ3n) is 2.40. The average molecular weight is 229 g/mol. The predicted molar refractivity (Wildman–Crippen MR) is 59.2 cm³/mol. The lowest BCUT2D eigenvalue weighted by Gasteiger charge is -2.23. The Labute approximate surface area is 92.3 Å². The van der Waals surface area contributed by atoms with E-state index in [1.807, 2.05) is 6.07 Å². The van der Waals surface area contributed by atoms with E-state index in [2.05, 4.69) is 5.32 Å². The zero-order chi connectivity index (χ0) is 10.7. The second-order valence-corrected chi connectivity index (χ2v) is 4.74. The second-order valence-electron chi connectivity index (χ2n) is 3.53. The first-order valence-corrected chi connectivity index (χ1v) is 6.05. The summed E-state index contributed by atoms with van der Waals surface area (Å²) in [6.07, 6.45) is -1.23. The van der Waals surface area contributed by atoms with Crippen LogP contribution in [0, 0.1) is 0 Å². The minimum Gasteiger partial charge on any atom is -0.302 e. The number of rotatable bonds is 2. The van der Waals surface area contributed by atoms with Crippen LogP contribution in [-0.4, -0.2) is 12.3 Å². The summed E-state index contributed by atoms with van der Waals surface area (Å²) in [5.74, 6) is 1.09. The minimum absolute atomic E-state index is 0.112. The highest BCUT2D eigenvalue weighted by molar-refractivity contribution is 7.99. The number of alkyl halides is 2. The van der Waals surface area contributed by atoms with E-state index in [9.17, 15) is 8.78 Å². The molecule has 0 bridgehead atoms. The molecule has 2 rings (SSSR count). The number of halogens is 2. The standard InChI is InChI=1S/C11H13F2NS/c12-10(13)8-3-1-4-9(7-8)11-14-5-2-6-15-11/h1,3-4,7,10-11,14H,2,5-6H2. The second kappa shape index (κ2) is 4.94. The number of nitrogens with one attached hydrogen (secondary N) is 1. The first kappa shape index (κ1) is 10.9. The van der Waals surface area contributed by atoms with Gasteiger partial charge in [0.25, 0.3) is 6.43 Å². The van der Waals surface area contributed by atoms with Gasteiger partial charge in [-0.05, 0) is 30.3 Å². The monoisotopic (exact) mass is 229 g/mol. The molecule has 1 heterocycles. The summed E-state index contributed by atoms with van der Waals surface area (Å²) in [5.41, 5.74) is 1.07. The molecule has 1 fully saturated rings. The molecule has 1 saturated heterocycles. The van der Waals surface area contributed by atoms with Crippen LogP contribution >= 0.6 is 11.8 Å². The average Bonchev–Trinajstić information content (AvgIpc) is 2.30. The Morgan fingerprint density at radius 3 is 2.93 bits per heavy atom. The van der Waals surface area contributed by atoms with Crippen LogP contribution in [0.15, 0.2) is 24.3 Å². The fraction of sp³-hybridized carbons (Fsp3) is 0.455. The van der Waals surface area contributed by atoms with Crippen molar-refractivity contribution >= 4 is 11.8 Å². The molecule has 15 heavy (non-hydrogen) atoms. The molecule has 0 saturated carbocycles. The Morgan fingerprint density at radius 1 is 1.40 bits per heavy atom. The zero-order valence-corrected chi connectivity index (χ0v) is 9.07. The number of hydrogen-bond acceptors (Lipinski definition) is 2. The molecule has 0 amide bonds. The molecule has 1 aromatic rings. The summed E-state index contributed by atoms with van der Waals surface area (Å²) >= 11 is 1.78. The summed E-state index contributed by atoms with van der Waals surface area (Å²) in [6, 6.07) is 6.68. The molecule has 0 radical (unpaired) electrons. The molecule has 1 nitrogen and oxygen atoms in total. The molecular weight excluding hydrogens is 216 g/mol. The van der Waals surface area contributed by atoms with E-state index in [-0.39, 0.29) is 10.9 Å². The van der Waals surface area contributed by atoms with E-state index in [0.717, 1.165) is 24.3 Å². The van der Waals surface area contributed by atoms with E-state index in [1.165, 1.54) is 6.07 Å². The highest BCUT2D eigenvalue weighted by Crippen LogP contribution is 2.31. The Bertz CT molecular complexity index is 324. The van der Waals surface area contributed by atoms with Gasteiger partial charge in [-0.2, -0.15) is 0 Å². The van der Waals surface area contributed by atoms with Gasteiger partial charge in [-0.1, -0.05) is 18.2 Å². The van der Waals surface area contributed by atoms with Crippen LogP contribution in [-0.2, 0) is 0 Å². The van der Waals surface area contributed by atoms with E-state index in [1.54, 1.807) is 23.9 Å². The van der Waals surface area contributed by atoms with E-state index < -0.39 is 6.43 Å². The molecule has 1 N–H and O–H groups in total. The van der Waals surface area contributed by atoms with Gasteiger partial charge in [0.15, 0.2) is 0 Å². The molecule has 0 aromatic heterocycles. The first-order valence-electron chi connectivity index (χ1n) is 5.00. The third kappa shape index (κ3) is 2.69. The summed E-state index contributed by atoms with van der Waals surface area (Å²) in [6.45, 7) is 0.969. The fourth-order valence-electron chi connectivity index (χ4n) is 1.64. The summed E-state index contributed by atoms with van der Waals surface area (Å²) in [5, 5.41) is 3.50. The number of hydrogen-bond donors (Lipinski definition) is 1. The van der Waals surface area contributed by atoms with Gasteiger partial charge < -0.3 is 5.32 Å². The highest BCUT2D eigenvalue weighted by atomic mass is 32.2. The van der Waals surface area contributed by atoms with Crippen molar-refractivity contribution in [2.45, 2.75) is 18.2 Å². The van der Waals surface area contributed by atoms with Crippen LogP contribution in [0.25, 0.3) is 0 Å². The number of benzene rings is 1. The normalized spacial score (nSPS) is 21.9. The van der Waals surface area contributed by atoms with Crippen LogP contribution in [0.4, 0.5) is 8.78 Å². The van der Waals surface area contributed by atoms with Gasteiger partial charge in [0.1, 0.15) is 0 Å². The fourth-order valence-corrected chi connectivity index (χ4v) is 2.76. The van der Waals surface area contributed by atoms with E-state index >= 15 is 0 Å². The van der Waals surface area contributed by atoms with Crippen molar-refractivity contribution < 1.29 is 8.78 Å². The van der Waals surface area contributed by atoms with Crippen LogP contribution in [0.5, 0.6) is 0 Å². The lowest BCUT2D eigenvalue weighted by atomic mass is 10.1. The van der Waals surface area contributed by atoms with Gasteiger partial charge in [0.2, 0.25) is 0 Å². The number of thioether (sulfide) groups is 1. The summed E-state index contributed by atoms with van der Waals surface area (Å²) < 4.78 is 25.0. The van der Waals surface area contributed by atoms with Crippen molar-refractivity contribution in [3.05, 3.63) is 35.4 Å². The molecule has 1 unspecified atom stereocenters. The maximum absolute atomic E-state index is 12.5. The largest absolute Gasteiger partial charge is 0.302 e. The maximum Gasteiger partial charge on any atom is 0.263 e. The Balaban J connectivity index is 2.16. The summed E-state index contributed by atoms with van der Waals surface area (Å²) in [4.78, 5) is 0. The van der Waals surface area contributed by atoms with Gasteiger partial charge in [-0.3, -0.25) is 0 Å². The molecule has 1 aliphatic heterocycles. The van der Waals surface area contributed by atoms with Crippen LogP contribution in [0.3, 0.4) is 0 Å². The summed E-state index contributed by atoms with van der Waals surface area (Å²) in [7, 11) is 0. The van der Waals surface area contributed by atoms with Gasteiger partial charge >= 0.3 is 0 Å². The molecule has 0 aliphatic carbocycles. The topological polar surface area (TPSA) is 12.0 Å². The van der Waals surface area contributed by atoms with Crippen molar-refractivity contribution in [3.8, 4) is 0 Å². The SMILES string of the molecule is FC(F)c1cccc(C2NCCCS2)c1. The minimum atomic E-state index is -2.38. The molecule has 4 heteroatoms. The maximum atomic E-state index is 12.5. The van der Waals surface area contributed by atoms with Gasteiger partial charge in [0, 0.05) is 5.56 Å². The Morgan fingerprint density at radius 2 is 2.27 bits per heavy atom. The van der Waals surface area contributed by atoms with Crippen LogP contribution in [0.2, 0.25) is 0 Å². The molecular formula is C11H13F2NS. The van der Waals surface area contributed by atoms with Gasteiger partial charge in [0.05, 0.1) is 5.37 Å². The molecule has 1 atom stereocenters. The van der Waals surface area contributed by atoms with Crippen LogP contribution in [0.1, 0.15) is 29.3 Å². The molecule has 82 valence electrons. The van der Waals surface area contributed by atoms with Crippen molar-refractivity contribution in [2.24, 2.45) is 0 Å². The van der Waals surface area contributed by atoms with E-state index in [4.69, 9.17) is 0 Å². The predicted octanol–water partition coefficient (Wildman–Crippen LogP) is 3.35. The van der Waals surface area contributed by atoms with Crippen molar-refractivity contribution in [1.29, 1.82) is 0 Å². The van der Waals surface area contributed by atoms with Gasteiger partial charge in [-0.15, -0.1) is 11.8 Å². The third-order valence-corrected chi connectivity index (χ3v) is 3.70. The van der Waals surface area contributed by atoms with E-state index in [0.29, 0.717) is 0 Å². The first-order chi connectivity index (χ1) is 7.27. The Hall–Kier alpha value is -0.610. The molecule has 1 aliphatic rings. The Kier molecular flexibility index (Phi) is 3.59. The van der Waals surface area contributed by atoms with Crippen LogP contribution < -0.4 is 5.32 Å². The lowest BCUT2D eigenvalue weighted by molar-refractivity contribution is 0.151. The lowest BCUT2D eigenvalue weighted by Crippen LogP contribution is -2.25.